The predicted molar refractivity (Wildman–Crippen MR) is 82.1 cm³/mol. The van der Waals surface area contributed by atoms with Crippen molar-refractivity contribution in [1.82, 2.24) is 19.9 Å². The third-order valence-corrected chi connectivity index (χ3v) is 2.73. The number of nitrogens with two attached hydrogens (primary N) is 1. The van der Waals surface area contributed by atoms with Crippen LogP contribution in [0, 0.1) is 0 Å². The van der Waals surface area contributed by atoms with E-state index >= 15 is 0 Å². The van der Waals surface area contributed by atoms with Crippen LogP contribution in [0.5, 0.6) is 0 Å². The molecule has 0 fully saturated rings. The van der Waals surface area contributed by atoms with E-state index < -0.39 is 0 Å². The monoisotopic (exact) mass is 308 g/mol. The first-order valence-corrected chi connectivity index (χ1v) is 7.01. The number of hydrogen-bond donors (Lipinski definition) is 2. The molecule has 0 aromatic carbocycles. The van der Waals surface area contributed by atoms with Gasteiger partial charge < -0.3 is 15.8 Å². The Hall–Kier alpha value is -1.99. The Kier molecular flexibility index (Phi) is 5.65. The summed E-state index contributed by atoms with van der Waals surface area (Å²) in [4.78, 5) is 16.4. The molecule has 0 aliphatic heterocycles. The van der Waals surface area contributed by atoms with Gasteiger partial charge in [-0.15, -0.1) is 0 Å². The van der Waals surface area contributed by atoms with Crippen molar-refractivity contribution in [2.24, 2.45) is 0 Å². The number of hydrogen-bond acceptors (Lipinski definition) is 7. The highest BCUT2D eigenvalue weighted by Crippen LogP contribution is 2.20. The lowest BCUT2D eigenvalue weighted by molar-refractivity contribution is 0.144. The van der Waals surface area contributed by atoms with Crippen molar-refractivity contribution in [3.05, 3.63) is 23.6 Å². The number of aromatic nitrogens is 4. The van der Waals surface area contributed by atoms with E-state index in [2.05, 4.69) is 32.2 Å². The minimum Gasteiger partial charge on any atom is -0.380 e. The van der Waals surface area contributed by atoms with Gasteiger partial charge in [0.15, 0.2) is 0 Å². The second-order valence-electron chi connectivity index (χ2n) is 4.27. The fourth-order valence-corrected chi connectivity index (χ4v) is 1.78. The van der Waals surface area contributed by atoms with E-state index in [0.717, 1.165) is 18.6 Å². The topological polar surface area (TPSA) is 98.8 Å². The van der Waals surface area contributed by atoms with Crippen LogP contribution in [0.15, 0.2) is 18.5 Å². The highest BCUT2D eigenvalue weighted by Gasteiger charge is 2.06. The van der Waals surface area contributed by atoms with E-state index in [-0.39, 0.29) is 5.95 Å². The molecule has 2 rings (SSSR count). The minimum absolute atomic E-state index is 0.213. The SMILES string of the molecule is CCCOCCNc1nc(Cl)cc(-c2cnc(N)nc2)n1. The van der Waals surface area contributed by atoms with Crippen molar-refractivity contribution in [3.8, 4) is 11.3 Å². The Labute approximate surface area is 127 Å². The van der Waals surface area contributed by atoms with E-state index in [4.69, 9.17) is 22.1 Å². The van der Waals surface area contributed by atoms with Crippen LogP contribution in [0.1, 0.15) is 13.3 Å². The Morgan fingerprint density at radius 2 is 2.00 bits per heavy atom. The summed E-state index contributed by atoms with van der Waals surface area (Å²) in [6.07, 6.45) is 4.18. The van der Waals surface area contributed by atoms with Gasteiger partial charge in [0, 0.05) is 37.2 Å². The van der Waals surface area contributed by atoms with Gasteiger partial charge in [-0.1, -0.05) is 18.5 Å². The van der Waals surface area contributed by atoms with Gasteiger partial charge in [-0.05, 0) is 6.42 Å². The highest BCUT2D eigenvalue weighted by atomic mass is 35.5. The Balaban J connectivity index is 2.05. The molecule has 0 aliphatic rings. The molecule has 0 spiro atoms. The molecule has 0 saturated carbocycles. The van der Waals surface area contributed by atoms with Crippen molar-refractivity contribution in [1.29, 1.82) is 0 Å². The summed E-state index contributed by atoms with van der Waals surface area (Å²) in [6.45, 7) is 4.00. The Morgan fingerprint density at radius 1 is 1.24 bits per heavy atom. The standard InChI is InChI=1S/C13H17ClN6O/c1-2-4-21-5-3-16-13-19-10(6-11(14)20-13)9-7-17-12(15)18-8-9/h6-8H,2-5H2,1H3,(H2,15,17,18)(H,16,19,20). The smallest absolute Gasteiger partial charge is 0.224 e. The molecule has 0 radical (unpaired) electrons. The Morgan fingerprint density at radius 3 is 2.71 bits per heavy atom. The number of ether oxygens (including phenoxy) is 1. The normalized spacial score (nSPS) is 10.6. The van der Waals surface area contributed by atoms with Crippen molar-refractivity contribution in [3.63, 3.8) is 0 Å². The lowest BCUT2D eigenvalue weighted by Gasteiger charge is -2.08. The van der Waals surface area contributed by atoms with Gasteiger partial charge in [0.2, 0.25) is 11.9 Å². The molecule has 7 nitrogen and oxygen atoms in total. The zero-order valence-corrected chi connectivity index (χ0v) is 12.5. The number of nitrogen functional groups attached to an aromatic ring is 1. The second-order valence-corrected chi connectivity index (χ2v) is 4.66. The molecule has 112 valence electrons. The summed E-state index contributed by atoms with van der Waals surface area (Å²) in [5.74, 6) is 0.653. The van der Waals surface area contributed by atoms with Crippen LogP contribution in [-0.4, -0.2) is 39.7 Å². The van der Waals surface area contributed by atoms with Crippen molar-refractivity contribution < 1.29 is 4.74 Å². The summed E-state index contributed by atoms with van der Waals surface area (Å²) in [7, 11) is 0. The molecule has 2 aromatic heterocycles. The first-order valence-electron chi connectivity index (χ1n) is 6.63. The molecular formula is C13H17ClN6O. The molecule has 2 heterocycles. The summed E-state index contributed by atoms with van der Waals surface area (Å²) in [6, 6.07) is 1.65. The lowest BCUT2D eigenvalue weighted by Crippen LogP contribution is -2.12. The molecule has 0 unspecified atom stereocenters. The van der Waals surface area contributed by atoms with Gasteiger partial charge in [-0.3, -0.25) is 0 Å². The zero-order valence-electron chi connectivity index (χ0n) is 11.7. The Bertz CT molecular complexity index is 577. The molecule has 0 atom stereocenters. The fourth-order valence-electron chi connectivity index (χ4n) is 1.60. The van der Waals surface area contributed by atoms with Crippen LogP contribution < -0.4 is 11.1 Å². The van der Waals surface area contributed by atoms with Gasteiger partial charge in [0.25, 0.3) is 0 Å². The number of halogens is 1. The molecule has 21 heavy (non-hydrogen) atoms. The second kappa shape index (κ2) is 7.70. The summed E-state index contributed by atoms with van der Waals surface area (Å²) < 4.78 is 5.38. The third-order valence-electron chi connectivity index (χ3n) is 2.54. The van der Waals surface area contributed by atoms with Crippen LogP contribution in [0.3, 0.4) is 0 Å². The van der Waals surface area contributed by atoms with Gasteiger partial charge in [0.05, 0.1) is 12.3 Å². The first-order chi connectivity index (χ1) is 10.2. The van der Waals surface area contributed by atoms with E-state index in [9.17, 15) is 0 Å². The lowest BCUT2D eigenvalue weighted by atomic mass is 10.2. The average Bonchev–Trinajstić information content (AvgIpc) is 2.47. The zero-order chi connectivity index (χ0) is 15.1. The van der Waals surface area contributed by atoms with Crippen LogP contribution in [0.2, 0.25) is 5.15 Å². The predicted octanol–water partition coefficient (Wildman–Crippen LogP) is 2.01. The highest BCUT2D eigenvalue weighted by molar-refractivity contribution is 6.29. The van der Waals surface area contributed by atoms with Crippen molar-refractivity contribution >= 4 is 23.5 Å². The number of rotatable bonds is 7. The van der Waals surface area contributed by atoms with Gasteiger partial charge in [-0.2, -0.15) is 0 Å². The molecule has 0 bridgehead atoms. The van der Waals surface area contributed by atoms with Gasteiger partial charge >= 0.3 is 0 Å². The first kappa shape index (κ1) is 15.4. The van der Waals surface area contributed by atoms with E-state index in [1.165, 1.54) is 0 Å². The van der Waals surface area contributed by atoms with Crippen LogP contribution in [0.4, 0.5) is 11.9 Å². The van der Waals surface area contributed by atoms with Gasteiger partial charge in [-0.25, -0.2) is 19.9 Å². The molecule has 0 aliphatic carbocycles. The number of nitrogens with zero attached hydrogens (tertiary/aromatic N) is 4. The molecule has 3 N–H and O–H groups in total. The maximum Gasteiger partial charge on any atom is 0.224 e. The number of anilines is 2. The average molecular weight is 309 g/mol. The third kappa shape index (κ3) is 4.80. The molecule has 0 saturated heterocycles. The molecule has 0 amide bonds. The molecule has 8 heteroatoms. The van der Waals surface area contributed by atoms with E-state index in [0.29, 0.717) is 29.9 Å². The van der Waals surface area contributed by atoms with Crippen molar-refractivity contribution in [2.45, 2.75) is 13.3 Å². The van der Waals surface area contributed by atoms with E-state index in [1.54, 1.807) is 18.5 Å². The van der Waals surface area contributed by atoms with Crippen LogP contribution in [-0.2, 0) is 4.74 Å². The van der Waals surface area contributed by atoms with E-state index in [1.807, 2.05) is 0 Å². The number of nitrogens with one attached hydrogen (secondary N) is 1. The maximum atomic E-state index is 6.01. The van der Waals surface area contributed by atoms with Crippen LogP contribution >= 0.6 is 11.6 Å². The quantitative estimate of drug-likeness (QED) is 0.596. The molecule has 2 aromatic rings. The van der Waals surface area contributed by atoms with Crippen molar-refractivity contribution in [2.75, 3.05) is 30.8 Å². The largest absolute Gasteiger partial charge is 0.380 e. The summed E-state index contributed by atoms with van der Waals surface area (Å²) >= 11 is 6.01. The van der Waals surface area contributed by atoms with Gasteiger partial charge in [0.1, 0.15) is 5.15 Å². The molecular weight excluding hydrogens is 292 g/mol. The summed E-state index contributed by atoms with van der Waals surface area (Å²) in [5.41, 5.74) is 6.82. The fraction of sp³-hybridized carbons (Fsp3) is 0.385. The van der Waals surface area contributed by atoms with Crippen LogP contribution in [0.25, 0.3) is 11.3 Å². The minimum atomic E-state index is 0.213. The maximum absolute atomic E-state index is 6.01. The summed E-state index contributed by atoms with van der Waals surface area (Å²) in [5, 5.41) is 3.41.